The van der Waals surface area contributed by atoms with Crippen LogP contribution in [0.3, 0.4) is 0 Å². The fraction of sp³-hybridized carbons (Fsp3) is 0.200. The number of carbonyl (C=O) groups is 1. The van der Waals surface area contributed by atoms with Crippen molar-refractivity contribution >= 4 is 23.2 Å². The molecular weight excluding hydrogens is 266 g/mol. The summed E-state index contributed by atoms with van der Waals surface area (Å²) >= 11 is 0. The largest absolute Gasteiger partial charge is 0.396 e. The van der Waals surface area contributed by atoms with Crippen LogP contribution in [-0.4, -0.2) is 24.1 Å². The van der Waals surface area contributed by atoms with E-state index in [9.17, 15) is 4.79 Å². The number of aromatic nitrogens is 1. The number of nitrogens with one attached hydrogen (secondary N) is 3. The van der Waals surface area contributed by atoms with Gasteiger partial charge in [0.2, 0.25) is 0 Å². The molecule has 5 N–H and O–H groups in total. The molecular formula is C15H19N5O. The van der Waals surface area contributed by atoms with Crippen LogP contribution in [0.15, 0.2) is 42.6 Å². The molecule has 1 aromatic carbocycles. The number of anilines is 3. The molecule has 1 heterocycles. The summed E-state index contributed by atoms with van der Waals surface area (Å²) in [6.07, 6.45) is 1.74. The lowest BCUT2D eigenvalue weighted by atomic mass is 10.3. The van der Waals surface area contributed by atoms with Gasteiger partial charge >= 0.3 is 6.03 Å². The number of hydrogen-bond donors (Lipinski definition) is 4. The Morgan fingerprint density at radius 1 is 1.24 bits per heavy atom. The minimum absolute atomic E-state index is 0.243. The average Bonchev–Trinajstić information content (AvgIpc) is 2.46. The number of amides is 2. The van der Waals surface area contributed by atoms with Crippen LogP contribution in [0.4, 0.5) is 22.0 Å². The van der Waals surface area contributed by atoms with Gasteiger partial charge < -0.3 is 21.7 Å². The first-order valence-electron chi connectivity index (χ1n) is 6.71. The fourth-order valence-electron chi connectivity index (χ4n) is 1.79. The van der Waals surface area contributed by atoms with Crippen molar-refractivity contribution in [1.29, 1.82) is 0 Å². The lowest BCUT2D eigenvalue weighted by Gasteiger charge is -2.10. The van der Waals surface area contributed by atoms with E-state index in [2.05, 4.69) is 20.9 Å². The van der Waals surface area contributed by atoms with Gasteiger partial charge in [0.25, 0.3) is 0 Å². The van der Waals surface area contributed by atoms with Crippen molar-refractivity contribution in [1.82, 2.24) is 10.3 Å². The van der Waals surface area contributed by atoms with Crippen LogP contribution in [0.25, 0.3) is 0 Å². The maximum Gasteiger partial charge on any atom is 0.319 e. The van der Waals surface area contributed by atoms with E-state index < -0.39 is 0 Å². The molecule has 6 heteroatoms. The number of carbonyl (C=O) groups excluding carboxylic acids is 1. The molecule has 1 aromatic heterocycles. The highest BCUT2D eigenvalue weighted by Crippen LogP contribution is 2.14. The van der Waals surface area contributed by atoms with E-state index in [1.165, 1.54) is 0 Å². The Labute approximate surface area is 123 Å². The van der Waals surface area contributed by atoms with Gasteiger partial charge in [-0.05, 0) is 30.7 Å². The van der Waals surface area contributed by atoms with Crippen molar-refractivity contribution < 1.29 is 4.79 Å². The molecule has 0 saturated heterocycles. The van der Waals surface area contributed by atoms with Crippen molar-refractivity contribution in [2.75, 3.05) is 29.5 Å². The number of rotatable bonds is 5. The molecule has 6 nitrogen and oxygen atoms in total. The molecule has 0 aliphatic rings. The SMILES string of the molecule is Cc1cnc(NCCNC(=O)Nc2ccccc2)c(N)c1. The third-order valence-corrected chi connectivity index (χ3v) is 2.79. The molecule has 2 aromatic rings. The van der Waals surface area contributed by atoms with Crippen LogP contribution in [-0.2, 0) is 0 Å². The molecule has 0 radical (unpaired) electrons. The van der Waals surface area contributed by atoms with Crippen LogP contribution in [0, 0.1) is 6.92 Å². The molecule has 0 spiro atoms. The van der Waals surface area contributed by atoms with E-state index in [0.717, 1.165) is 11.3 Å². The average molecular weight is 285 g/mol. The second-order valence-electron chi connectivity index (χ2n) is 4.62. The quantitative estimate of drug-likeness (QED) is 0.634. The third-order valence-electron chi connectivity index (χ3n) is 2.79. The second-order valence-corrected chi connectivity index (χ2v) is 4.62. The molecule has 0 saturated carbocycles. The Hall–Kier alpha value is -2.76. The Kier molecular flexibility index (Phi) is 4.98. The van der Waals surface area contributed by atoms with Gasteiger partial charge in [-0.25, -0.2) is 9.78 Å². The minimum Gasteiger partial charge on any atom is -0.396 e. The van der Waals surface area contributed by atoms with Gasteiger partial charge in [-0.15, -0.1) is 0 Å². The van der Waals surface area contributed by atoms with E-state index >= 15 is 0 Å². The van der Waals surface area contributed by atoms with E-state index in [-0.39, 0.29) is 6.03 Å². The molecule has 110 valence electrons. The molecule has 0 unspecified atom stereocenters. The fourth-order valence-corrected chi connectivity index (χ4v) is 1.79. The van der Waals surface area contributed by atoms with E-state index in [1.54, 1.807) is 6.20 Å². The number of pyridine rings is 1. The first-order valence-corrected chi connectivity index (χ1v) is 6.71. The summed E-state index contributed by atoms with van der Waals surface area (Å²) in [6, 6.07) is 10.9. The van der Waals surface area contributed by atoms with Crippen molar-refractivity contribution in [3.63, 3.8) is 0 Å². The Balaban J connectivity index is 1.71. The summed E-state index contributed by atoms with van der Waals surface area (Å²) in [5, 5.41) is 8.57. The van der Waals surface area contributed by atoms with Crippen molar-refractivity contribution in [2.45, 2.75) is 6.92 Å². The second kappa shape index (κ2) is 7.14. The summed E-state index contributed by atoms with van der Waals surface area (Å²) in [4.78, 5) is 15.8. The number of para-hydroxylation sites is 1. The van der Waals surface area contributed by atoms with E-state index in [0.29, 0.717) is 24.6 Å². The van der Waals surface area contributed by atoms with Gasteiger partial charge in [0, 0.05) is 25.0 Å². The van der Waals surface area contributed by atoms with Gasteiger partial charge in [0.05, 0.1) is 5.69 Å². The Morgan fingerprint density at radius 3 is 2.71 bits per heavy atom. The first kappa shape index (κ1) is 14.6. The Bertz CT molecular complexity index is 600. The van der Waals surface area contributed by atoms with Crippen molar-refractivity contribution in [2.24, 2.45) is 0 Å². The number of nitrogens with two attached hydrogens (primary N) is 1. The number of benzene rings is 1. The van der Waals surface area contributed by atoms with Gasteiger partial charge in [-0.1, -0.05) is 18.2 Å². The molecule has 0 aliphatic carbocycles. The molecule has 0 atom stereocenters. The molecule has 21 heavy (non-hydrogen) atoms. The summed E-state index contributed by atoms with van der Waals surface area (Å²) in [7, 11) is 0. The molecule has 0 bridgehead atoms. The normalized spacial score (nSPS) is 9.95. The smallest absolute Gasteiger partial charge is 0.319 e. The van der Waals surface area contributed by atoms with Crippen LogP contribution in [0.5, 0.6) is 0 Å². The van der Waals surface area contributed by atoms with E-state index in [1.807, 2.05) is 43.3 Å². The number of urea groups is 1. The van der Waals surface area contributed by atoms with E-state index in [4.69, 9.17) is 5.73 Å². The Morgan fingerprint density at radius 2 is 2.00 bits per heavy atom. The third kappa shape index (κ3) is 4.68. The lowest BCUT2D eigenvalue weighted by molar-refractivity contribution is 0.252. The molecule has 0 aliphatic heterocycles. The highest BCUT2D eigenvalue weighted by Gasteiger charge is 2.02. The number of aryl methyl sites for hydroxylation is 1. The van der Waals surface area contributed by atoms with Gasteiger partial charge in [0.15, 0.2) is 0 Å². The topological polar surface area (TPSA) is 92.1 Å². The van der Waals surface area contributed by atoms with Gasteiger partial charge in [-0.2, -0.15) is 0 Å². The monoisotopic (exact) mass is 285 g/mol. The number of nitrogen functional groups attached to an aromatic ring is 1. The predicted molar refractivity (Wildman–Crippen MR) is 85.3 cm³/mol. The summed E-state index contributed by atoms with van der Waals surface area (Å²) in [5.41, 5.74) is 8.21. The first-order chi connectivity index (χ1) is 10.1. The zero-order valence-corrected chi connectivity index (χ0v) is 11.9. The van der Waals surface area contributed by atoms with Crippen LogP contribution in [0.2, 0.25) is 0 Å². The van der Waals surface area contributed by atoms with Crippen LogP contribution in [0.1, 0.15) is 5.56 Å². The molecule has 0 fully saturated rings. The highest BCUT2D eigenvalue weighted by molar-refractivity contribution is 5.89. The maximum absolute atomic E-state index is 11.6. The van der Waals surface area contributed by atoms with Gasteiger partial charge in [-0.3, -0.25) is 0 Å². The summed E-state index contributed by atoms with van der Waals surface area (Å²) < 4.78 is 0. The molecule has 2 rings (SSSR count). The van der Waals surface area contributed by atoms with Crippen LogP contribution >= 0.6 is 0 Å². The number of hydrogen-bond acceptors (Lipinski definition) is 4. The van der Waals surface area contributed by atoms with Crippen molar-refractivity contribution in [3.8, 4) is 0 Å². The standard InChI is InChI=1S/C15H19N5O/c1-11-9-13(16)14(19-10-11)17-7-8-18-15(21)20-12-5-3-2-4-6-12/h2-6,9-10H,7-8,16H2,1H3,(H,17,19)(H2,18,20,21). The lowest BCUT2D eigenvalue weighted by Crippen LogP contribution is -2.32. The summed E-state index contributed by atoms with van der Waals surface area (Å²) in [5.74, 6) is 0.630. The summed E-state index contributed by atoms with van der Waals surface area (Å²) in [6.45, 7) is 2.94. The van der Waals surface area contributed by atoms with Gasteiger partial charge in [0.1, 0.15) is 5.82 Å². The zero-order chi connectivity index (χ0) is 15.1. The predicted octanol–water partition coefficient (Wildman–Crippen LogP) is 2.21. The molecule has 2 amide bonds. The maximum atomic E-state index is 11.6. The minimum atomic E-state index is -0.243. The van der Waals surface area contributed by atoms with Crippen molar-refractivity contribution in [3.05, 3.63) is 48.2 Å². The zero-order valence-electron chi connectivity index (χ0n) is 11.9. The van der Waals surface area contributed by atoms with Crippen LogP contribution < -0.4 is 21.7 Å². The number of nitrogens with zero attached hydrogens (tertiary/aromatic N) is 1. The highest BCUT2D eigenvalue weighted by atomic mass is 16.2.